The van der Waals surface area contributed by atoms with Gasteiger partial charge in [0.15, 0.2) is 0 Å². The van der Waals surface area contributed by atoms with E-state index in [1.165, 1.54) is 12.8 Å². The number of thiophene rings is 1. The average Bonchev–Trinajstić information content (AvgIpc) is 3.17. The van der Waals surface area contributed by atoms with Crippen LogP contribution >= 0.6 is 22.7 Å². The first-order valence-corrected chi connectivity index (χ1v) is 9.17. The standard InChI is InChI=1S/C16H20N2OS2/c1-11-5-7-12(8-6-11)18(2)16(19)13-10-21-15(17-13)14-4-3-9-20-14/h3-4,9-12H,5-8H2,1-2H3. The minimum Gasteiger partial charge on any atom is -0.337 e. The molecule has 1 saturated carbocycles. The molecule has 0 atom stereocenters. The van der Waals surface area contributed by atoms with Gasteiger partial charge in [0.2, 0.25) is 0 Å². The van der Waals surface area contributed by atoms with Crippen molar-refractivity contribution in [3.8, 4) is 9.88 Å². The Bertz CT molecular complexity index is 598. The van der Waals surface area contributed by atoms with Crippen LogP contribution in [-0.2, 0) is 0 Å². The molecule has 0 aliphatic heterocycles. The summed E-state index contributed by atoms with van der Waals surface area (Å²) in [6.07, 6.45) is 4.68. The molecule has 0 saturated heterocycles. The Morgan fingerprint density at radius 1 is 1.29 bits per heavy atom. The normalized spacial score (nSPS) is 22.2. The number of hydrogen-bond acceptors (Lipinski definition) is 4. The summed E-state index contributed by atoms with van der Waals surface area (Å²) in [6, 6.07) is 4.43. The van der Waals surface area contributed by atoms with Crippen molar-refractivity contribution in [3.63, 3.8) is 0 Å². The van der Waals surface area contributed by atoms with Gasteiger partial charge in [-0.2, -0.15) is 0 Å². The molecule has 112 valence electrons. The summed E-state index contributed by atoms with van der Waals surface area (Å²) < 4.78 is 0. The van der Waals surface area contributed by atoms with Crippen LogP contribution in [0.25, 0.3) is 9.88 Å². The molecular formula is C16H20N2OS2. The lowest BCUT2D eigenvalue weighted by molar-refractivity contribution is 0.0674. The van der Waals surface area contributed by atoms with Crippen LogP contribution in [0.15, 0.2) is 22.9 Å². The van der Waals surface area contributed by atoms with Gasteiger partial charge in [0.1, 0.15) is 10.7 Å². The second-order valence-electron chi connectivity index (χ2n) is 5.84. The van der Waals surface area contributed by atoms with Crippen LogP contribution in [0.5, 0.6) is 0 Å². The molecule has 3 nitrogen and oxygen atoms in total. The maximum absolute atomic E-state index is 12.6. The van der Waals surface area contributed by atoms with Crippen molar-refractivity contribution in [2.24, 2.45) is 5.92 Å². The van der Waals surface area contributed by atoms with Gasteiger partial charge in [0.25, 0.3) is 5.91 Å². The third-order valence-electron chi connectivity index (χ3n) is 4.31. The van der Waals surface area contributed by atoms with E-state index in [0.29, 0.717) is 11.7 Å². The van der Waals surface area contributed by atoms with Crippen LogP contribution in [-0.4, -0.2) is 28.9 Å². The third kappa shape index (κ3) is 3.19. The maximum atomic E-state index is 12.6. The fraction of sp³-hybridized carbons (Fsp3) is 0.500. The zero-order valence-corrected chi connectivity index (χ0v) is 14.0. The van der Waals surface area contributed by atoms with Crippen molar-refractivity contribution in [1.29, 1.82) is 0 Å². The molecule has 1 aliphatic rings. The molecule has 1 fully saturated rings. The molecule has 2 heterocycles. The first-order chi connectivity index (χ1) is 10.1. The molecule has 0 N–H and O–H groups in total. The Kier molecular flexibility index (Phi) is 4.40. The number of aromatic nitrogens is 1. The van der Waals surface area contributed by atoms with Gasteiger partial charge in [0, 0.05) is 18.5 Å². The van der Waals surface area contributed by atoms with Crippen molar-refractivity contribution >= 4 is 28.6 Å². The number of rotatable bonds is 3. The van der Waals surface area contributed by atoms with E-state index < -0.39 is 0 Å². The second kappa shape index (κ2) is 6.28. The van der Waals surface area contributed by atoms with Gasteiger partial charge in [-0.15, -0.1) is 22.7 Å². The Morgan fingerprint density at radius 2 is 2.05 bits per heavy atom. The van der Waals surface area contributed by atoms with E-state index in [-0.39, 0.29) is 5.91 Å². The van der Waals surface area contributed by atoms with Crippen LogP contribution in [0.3, 0.4) is 0 Å². The Balaban J connectivity index is 1.70. The van der Waals surface area contributed by atoms with Gasteiger partial charge in [-0.3, -0.25) is 4.79 Å². The highest BCUT2D eigenvalue weighted by Crippen LogP contribution is 2.30. The van der Waals surface area contributed by atoms with Crippen LogP contribution in [0.2, 0.25) is 0 Å². The van der Waals surface area contributed by atoms with Gasteiger partial charge in [-0.25, -0.2) is 4.98 Å². The Hall–Kier alpha value is -1.20. The average molecular weight is 320 g/mol. The summed E-state index contributed by atoms with van der Waals surface area (Å²) in [4.78, 5) is 20.1. The Morgan fingerprint density at radius 3 is 2.71 bits per heavy atom. The quantitative estimate of drug-likeness (QED) is 0.833. The first kappa shape index (κ1) is 14.7. The van der Waals surface area contributed by atoms with Gasteiger partial charge < -0.3 is 4.90 Å². The lowest BCUT2D eigenvalue weighted by Gasteiger charge is -2.33. The fourth-order valence-electron chi connectivity index (χ4n) is 2.86. The number of hydrogen-bond donors (Lipinski definition) is 0. The van der Waals surface area contributed by atoms with E-state index in [2.05, 4.69) is 11.9 Å². The smallest absolute Gasteiger partial charge is 0.273 e. The molecule has 5 heteroatoms. The van der Waals surface area contributed by atoms with E-state index >= 15 is 0 Å². The van der Waals surface area contributed by atoms with Gasteiger partial charge in [-0.1, -0.05) is 13.0 Å². The predicted octanol–water partition coefficient (Wildman–Crippen LogP) is 4.52. The summed E-state index contributed by atoms with van der Waals surface area (Å²) in [6.45, 7) is 2.30. The lowest BCUT2D eigenvalue weighted by atomic mass is 9.87. The zero-order chi connectivity index (χ0) is 14.8. The monoisotopic (exact) mass is 320 g/mol. The van der Waals surface area contributed by atoms with Crippen molar-refractivity contribution in [3.05, 3.63) is 28.6 Å². The SMILES string of the molecule is CC1CCC(N(C)C(=O)c2csc(-c3cccs3)n2)CC1. The third-order valence-corrected chi connectivity index (χ3v) is 6.19. The number of thiazole rings is 1. The molecule has 21 heavy (non-hydrogen) atoms. The van der Waals surface area contributed by atoms with Gasteiger partial charge in [-0.05, 0) is 43.0 Å². The minimum atomic E-state index is 0.0635. The maximum Gasteiger partial charge on any atom is 0.273 e. The van der Waals surface area contributed by atoms with Gasteiger partial charge in [0.05, 0.1) is 4.88 Å². The predicted molar refractivity (Wildman–Crippen MR) is 88.9 cm³/mol. The number of carbonyl (C=O) groups is 1. The highest BCUT2D eigenvalue weighted by atomic mass is 32.1. The number of nitrogens with zero attached hydrogens (tertiary/aromatic N) is 2. The first-order valence-electron chi connectivity index (χ1n) is 7.41. The zero-order valence-electron chi connectivity index (χ0n) is 12.4. The van der Waals surface area contributed by atoms with E-state index in [1.54, 1.807) is 22.7 Å². The highest BCUT2D eigenvalue weighted by molar-refractivity contribution is 7.20. The molecule has 0 radical (unpaired) electrons. The van der Waals surface area contributed by atoms with Crippen molar-refractivity contribution in [1.82, 2.24) is 9.88 Å². The van der Waals surface area contributed by atoms with E-state index in [4.69, 9.17) is 0 Å². The topological polar surface area (TPSA) is 33.2 Å². The molecule has 0 spiro atoms. The second-order valence-corrected chi connectivity index (χ2v) is 7.65. The lowest BCUT2D eigenvalue weighted by Crippen LogP contribution is -2.39. The summed E-state index contributed by atoms with van der Waals surface area (Å²) in [5, 5.41) is 4.87. The number of amides is 1. The fourth-order valence-corrected chi connectivity index (χ4v) is 4.47. The summed E-state index contributed by atoms with van der Waals surface area (Å²) in [5.74, 6) is 0.864. The largest absolute Gasteiger partial charge is 0.337 e. The molecule has 0 unspecified atom stereocenters. The number of carbonyl (C=O) groups excluding carboxylic acids is 1. The van der Waals surface area contributed by atoms with E-state index in [9.17, 15) is 4.79 Å². The molecule has 0 bridgehead atoms. The van der Waals surface area contributed by atoms with Crippen LogP contribution in [0.4, 0.5) is 0 Å². The van der Waals surface area contributed by atoms with Crippen molar-refractivity contribution < 1.29 is 4.79 Å². The highest BCUT2D eigenvalue weighted by Gasteiger charge is 2.26. The van der Waals surface area contributed by atoms with E-state index in [1.807, 2.05) is 34.8 Å². The summed E-state index contributed by atoms with van der Waals surface area (Å²) in [5.41, 5.74) is 0.588. The molecule has 1 amide bonds. The van der Waals surface area contributed by atoms with E-state index in [0.717, 1.165) is 28.6 Å². The minimum absolute atomic E-state index is 0.0635. The van der Waals surface area contributed by atoms with Crippen LogP contribution in [0, 0.1) is 5.92 Å². The Labute approximate surface area is 133 Å². The molecule has 2 aromatic heterocycles. The molecule has 3 rings (SSSR count). The molecular weight excluding hydrogens is 300 g/mol. The van der Waals surface area contributed by atoms with Crippen molar-refractivity contribution in [2.45, 2.75) is 38.6 Å². The molecule has 1 aliphatic carbocycles. The van der Waals surface area contributed by atoms with Crippen LogP contribution < -0.4 is 0 Å². The van der Waals surface area contributed by atoms with Crippen molar-refractivity contribution in [2.75, 3.05) is 7.05 Å². The molecule has 2 aromatic rings. The molecule has 0 aromatic carbocycles. The van der Waals surface area contributed by atoms with Crippen LogP contribution in [0.1, 0.15) is 43.1 Å². The summed E-state index contributed by atoms with van der Waals surface area (Å²) in [7, 11) is 1.92. The summed E-state index contributed by atoms with van der Waals surface area (Å²) >= 11 is 3.21. The van der Waals surface area contributed by atoms with Gasteiger partial charge >= 0.3 is 0 Å².